The number of sulfone groups is 1. The van der Waals surface area contributed by atoms with Crippen molar-refractivity contribution < 1.29 is 13.2 Å². The molecule has 1 aromatic rings. The van der Waals surface area contributed by atoms with E-state index in [1.165, 1.54) is 0 Å². The number of hydrogen-bond acceptors (Lipinski definition) is 4. The number of aryl methyl sites for hydroxylation is 1. The van der Waals surface area contributed by atoms with Crippen molar-refractivity contribution in [2.45, 2.75) is 25.4 Å². The zero-order chi connectivity index (χ0) is 13.7. The molecule has 0 radical (unpaired) electrons. The molecule has 1 aliphatic rings. The van der Waals surface area contributed by atoms with Gasteiger partial charge in [0.05, 0.1) is 11.5 Å². The molecule has 7 nitrogen and oxygen atoms in total. The van der Waals surface area contributed by atoms with Crippen molar-refractivity contribution in [3.63, 3.8) is 0 Å². The Morgan fingerprint density at radius 3 is 2.95 bits per heavy atom. The van der Waals surface area contributed by atoms with Crippen LogP contribution in [-0.2, 0) is 16.4 Å². The SMILES string of the molecule is O=C(NCCCn1cccn1)NC1CCS(=O)(=O)C1. The molecule has 0 aromatic carbocycles. The number of hydrogen-bond donors (Lipinski definition) is 2. The summed E-state index contributed by atoms with van der Waals surface area (Å²) in [4.78, 5) is 11.5. The summed E-state index contributed by atoms with van der Waals surface area (Å²) in [6.45, 7) is 1.27. The molecular formula is C11H18N4O3S. The Kier molecular flexibility index (Phi) is 4.41. The van der Waals surface area contributed by atoms with E-state index in [2.05, 4.69) is 15.7 Å². The van der Waals surface area contributed by atoms with Gasteiger partial charge >= 0.3 is 6.03 Å². The minimum Gasteiger partial charge on any atom is -0.338 e. The van der Waals surface area contributed by atoms with E-state index in [1.807, 2.05) is 12.3 Å². The van der Waals surface area contributed by atoms with Crippen molar-refractivity contribution in [3.05, 3.63) is 18.5 Å². The highest BCUT2D eigenvalue weighted by Gasteiger charge is 2.28. The maximum Gasteiger partial charge on any atom is 0.315 e. The maximum absolute atomic E-state index is 11.5. The molecule has 0 spiro atoms. The number of urea groups is 1. The minimum absolute atomic E-state index is 0.0493. The lowest BCUT2D eigenvalue weighted by Gasteiger charge is -2.11. The Hall–Kier alpha value is -1.57. The summed E-state index contributed by atoms with van der Waals surface area (Å²) in [6.07, 6.45) is 4.85. The van der Waals surface area contributed by atoms with Gasteiger partial charge in [-0.05, 0) is 18.9 Å². The summed E-state index contributed by atoms with van der Waals surface area (Å²) < 4.78 is 24.3. The Morgan fingerprint density at radius 2 is 2.32 bits per heavy atom. The van der Waals surface area contributed by atoms with E-state index >= 15 is 0 Å². The van der Waals surface area contributed by atoms with Crippen LogP contribution < -0.4 is 10.6 Å². The lowest BCUT2D eigenvalue weighted by atomic mass is 10.3. The van der Waals surface area contributed by atoms with Gasteiger partial charge in [0.15, 0.2) is 9.84 Å². The maximum atomic E-state index is 11.5. The van der Waals surface area contributed by atoms with Crippen molar-refractivity contribution in [2.24, 2.45) is 0 Å². The number of aromatic nitrogens is 2. The number of carbonyl (C=O) groups excluding carboxylic acids is 1. The third-order valence-corrected chi connectivity index (χ3v) is 4.74. The highest BCUT2D eigenvalue weighted by Crippen LogP contribution is 2.10. The molecule has 106 valence electrons. The molecule has 1 unspecified atom stereocenters. The van der Waals surface area contributed by atoms with Gasteiger partial charge in [-0.1, -0.05) is 0 Å². The molecule has 2 N–H and O–H groups in total. The van der Waals surface area contributed by atoms with Gasteiger partial charge in [-0.3, -0.25) is 4.68 Å². The van der Waals surface area contributed by atoms with E-state index in [9.17, 15) is 13.2 Å². The Bertz CT molecular complexity index is 512. The largest absolute Gasteiger partial charge is 0.338 e. The van der Waals surface area contributed by atoms with Crippen LogP contribution >= 0.6 is 0 Å². The van der Waals surface area contributed by atoms with E-state index in [1.54, 1.807) is 10.9 Å². The van der Waals surface area contributed by atoms with Crippen LogP contribution in [0.3, 0.4) is 0 Å². The Balaban J connectivity index is 1.60. The highest BCUT2D eigenvalue weighted by molar-refractivity contribution is 7.91. The topological polar surface area (TPSA) is 93.1 Å². The lowest BCUT2D eigenvalue weighted by molar-refractivity contribution is 0.237. The quantitative estimate of drug-likeness (QED) is 0.731. The van der Waals surface area contributed by atoms with Crippen molar-refractivity contribution in [1.82, 2.24) is 20.4 Å². The number of nitrogens with one attached hydrogen (secondary N) is 2. The molecule has 2 rings (SSSR count). The van der Waals surface area contributed by atoms with Gasteiger partial charge in [-0.15, -0.1) is 0 Å². The molecule has 0 aliphatic carbocycles. The van der Waals surface area contributed by atoms with Gasteiger partial charge in [-0.25, -0.2) is 13.2 Å². The predicted molar refractivity (Wildman–Crippen MR) is 70.4 cm³/mol. The molecule has 8 heteroatoms. The first-order valence-corrected chi connectivity index (χ1v) is 8.09. The first kappa shape index (κ1) is 13.9. The molecule has 19 heavy (non-hydrogen) atoms. The zero-order valence-electron chi connectivity index (χ0n) is 10.6. The second-order valence-corrected chi connectivity index (χ2v) is 6.85. The minimum atomic E-state index is -2.95. The van der Waals surface area contributed by atoms with Gasteiger partial charge in [-0.2, -0.15) is 5.10 Å². The third kappa shape index (κ3) is 4.55. The first-order valence-electron chi connectivity index (χ1n) is 6.27. The summed E-state index contributed by atoms with van der Waals surface area (Å²) in [7, 11) is -2.95. The molecule has 2 amide bonds. The van der Waals surface area contributed by atoms with E-state index in [0.717, 1.165) is 13.0 Å². The molecule has 1 aromatic heterocycles. The van der Waals surface area contributed by atoms with Crippen LogP contribution in [0.15, 0.2) is 18.5 Å². The van der Waals surface area contributed by atoms with E-state index in [-0.39, 0.29) is 23.6 Å². The summed E-state index contributed by atoms with van der Waals surface area (Å²) in [6, 6.07) is 1.29. The first-order chi connectivity index (χ1) is 9.05. The summed E-state index contributed by atoms with van der Waals surface area (Å²) in [5, 5.41) is 9.44. The standard InChI is InChI=1S/C11H18N4O3S/c16-11(14-10-3-8-19(17,18)9-10)12-4-1-6-15-7-2-5-13-15/h2,5,7,10H,1,3-4,6,8-9H2,(H2,12,14,16). The van der Waals surface area contributed by atoms with Crippen LogP contribution in [-0.4, -0.2) is 48.3 Å². The molecule has 1 aliphatic heterocycles. The van der Waals surface area contributed by atoms with Gasteiger partial charge in [0.2, 0.25) is 0 Å². The lowest BCUT2D eigenvalue weighted by Crippen LogP contribution is -2.43. The van der Waals surface area contributed by atoms with E-state index in [0.29, 0.717) is 13.0 Å². The fourth-order valence-corrected chi connectivity index (χ4v) is 3.69. The summed E-state index contributed by atoms with van der Waals surface area (Å²) in [5.74, 6) is 0.213. The fraction of sp³-hybridized carbons (Fsp3) is 0.636. The fourth-order valence-electron chi connectivity index (χ4n) is 2.02. The van der Waals surface area contributed by atoms with Crippen LogP contribution in [0.2, 0.25) is 0 Å². The number of rotatable bonds is 5. The molecule has 1 atom stereocenters. The molecular weight excluding hydrogens is 268 g/mol. The summed E-state index contributed by atoms with van der Waals surface area (Å²) >= 11 is 0. The van der Waals surface area contributed by atoms with Crippen LogP contribution in [0, 0.1) is 0 Å². The molecule has 1 fully saturated rings. The monoisotopic (exact) mass is 286 g/mol. The molecule has 1 saturated heterocycles. The number of amides is 2. The average molecular weight is 286 g/mol. The number of carbonyl (C=O) groups is 1. The Morgan fingerprint density at radius 1 is 1.47 bits per heavy atom. The van der Waals surface area contributed by atoms with Crippen molar-refractivity contribution >= 4 is 15.9 Å². The molecule has 2 heterocycles. The zero-order valence-corrected chi connectivity index (χ0v) is 11.4. The van der Waals surface area contributed by atoms with Crippen LogP contribution in [0.5, 0.6) is 0 Å². The smallest absolute Gasteiger partial charge is 0.315 e. The van der Waals surface area contributed by atoms with Crippen LogP contribution in [0.1, 0.15) is 12.8 Å². The van der Waals surface area contributed by atoms with Gasteiger partial charge in [0, 0.05) is 31.5 Å². The highest BCUT2D eigenvalue weighted by atomic mass is 32.2. The Labute approximate surface area is 112 Å². The van der Waals surface area contributed by atoms with Crippen molar-refractivity contribution in [2.75, 3.05) is 18.1 Å². The average Bonchev–Trinajstić information content (AvgIpc) is 2.94. The molecule has 0 bridgehead atoms. The van der Waals surface area contributed by atoms with Crippen molar-refractivity contribution in [3.8, 4) is 0 Å². The predicted octanol–water partition coefficient (Wildman–Crippen LogP) is -0.240. The normalized spacial score (nSPS) is 21.2. The second kappa shape index (κ2) is 6.05. The van der Waals surface area contributed by atoms with Gasteiger partial charge in [0.25, 0.3) is 0 Å². The summed E-state index contributed by atoms with van der Waals surface area (Å²) in [5.41, 5.74) is 0. The third-order valence-electron chi connectivity index (χ3n) is 2.98. The van der Waals surface area contributed by atoms with Crippen LogP contribution in [0.4, 0.5) is 4.79 Å². The second-order valence-electron chi connectivity index (χ2n) is 4.62. The van der Waals surface area contributed by atoms with Gasteiger partial charge < -0.3 is 10.6 Å². The van der Waals surface area contributed by atoms with E-state index < -0.39 is 9.84 Å². The number of nitrogens with zero attached hydrogens (tertiary/aromatic N) is 2. The molecule has 0 saturated carbocycles. The van der Waals surface area contributed by atoms with Gasteiger partial charge in [0.1, 0.15) is 0 Å². The van der Waals surface area contributed by atoms with Crippen LogP contribution in [0.25, 0.3) is 0 Å². The van der Waals surface area contributed by atoms with Crippen molar-refractivity contribution in [1.29, 1.82) is 0 Å². The van der Waals surface area contributed by atoms with E-state index in [4.69, 9.17) is 0 Å².